The van der Waals surface area contributed by atoms with Gasteiger partial charge in [-0.25, -0.2) is 4.79 Å². The molecule has 0 unspecified atom stereocenters. The molecule has 1 aliphatic carbocycles. The van der Waals surface area contributed by atoms with Crippen LogP contribution in [0.1, 0.15) is 52.4 Å². The summed E-state index contributed by atoms with van der Waals surface area (Å²) in [6, 6.07) is 0.141. The van der Waals surface area contributed by atoms with Gasteiger partial charge in [0.25, 0.3) is 0 Å². The van der Waals surface area contributed by atoms with Crippen LogP contribution in [0.5, 0.6) is 0 Å². The van der Waals surface area contributed by atoms with Gasteiger partial charge in [0, 0.05) is 0 Å². The molecule has 0 aromatic carbocycles. The lowest BCUT2D eigenvalue weighted by Crippen LogP contribution is -2.25. The number of carbonyl (C=O) groups excluding carboxylic acids is 2. The van der Waals surface area contributed by atoms with E-state index in [1.165, 1.54) is 6.42 Å². The van der Waals surface area contributed by atoms with Crippen LogP contribution in [-0.2, 0) is 19.1 Å². The van der Waals surface area contributed by atoms with Gasteiger partial charge < -0.3 is 9.47 Å². The smallest absolute Gasteiger partial charge is 0.352 e. The van der Waals surface area contributed by atoms with E-state index >= 15 is 0 Å². The highest BCUT2D eigenvalue weighted by atomic mass is 16.5. The molecule has 0 amide bonds. The minimum absolute atomic E-state index is 0.0941. The average Bonchev–Trinajstić information content (AvgIpc) is 2.40. The van der Waals surface area contributed by atoms with Crippen molar-refractivity contribution in [3.63, 3.8) is 0 Å². The molecule has 0 N–H and O–H groups in total. The Morgan fingerprint density at radius 2 is 1.68 bits per heavy atom. The molecule has 108 valence electrons. The fourth-order valence-corrected chi connectivity index (χ4v) is 2.16. The summed E-state index contributed by atoms with van der Waals surface area (Å²) >= 11 is 0. The third-order valence-electron chi connectivity index (χ3n) is 3.04. The van der Waals surface area contributed by atoms with Crippen molar-refractivity contribution in [1.29, 1.82) is 0 Å². The summed E-state index contributed by atoms with van der Waals surface area (Å²) in [7, 11) is 0. The van der Waals surface area contributed by atoms with Crippen LogP contribution in [0.4, 0.5) is 0 Å². The van der Waals surface area contributed by atoms with E-state index in [1.807, 2.05) is 0 Å². The monoisotopic (exact) mass is 269 g/mol. The maximum Gasteiger partial charge on any atom is 0.352 e. The molecule has 19 heavy (non-hydrogen) atoms. The minimum atomic E-state index is -0.499. The Hall–Kier alpha value is -1.39. The second-order valence-electron chi connectivity index (χ2n) is 4.57. The summed E-state index contributed by atoms with van der Waals surface area (Å²) in [5.41, 5.74) is 0.201. The highest BCUT2D eigenvalue weighted by molar-refractivity contribution is 6.39. The maximum atomic E-state index is 11.8. The lowest BCUT2D eigenvalue weighted by molar-refractivity contribution is -0.143. The van der Waals surface area contributed by atoms with E-state index in [-0.39, 0.29) is 24.8 Å². The molecule has 1 aliphatic rings. The number of nitrogens with zero attached hydrogens (tertiary/aromatic N) is 1. The molecular formula is C14H23NO4. The van der Waals surface area contributed by atoms with Gasteiger partial charge in [-0.15, -0.1) is 0 Å². The lowest BCUT2D eigenvalue weighted by Gasteiger charge is -2.18. The standard InChI is InChI=1S/C14H23NO4/c1-3-18-13(16)10-12(14(17)19-4-2)15-11-8-6-5-7-9-11/h11H,3-10H2,1-2H3. The summed E-state index contributed by atoms with van der Waals surface area (Å²) in [6.07, 6.45) is 5.34. The van der Waals surface area contributed by atoms with E-state index in [0.717, 1.165) is 25.7 Å². The Kier molecular flexibility index (Phi) is 7.15. The van der Waals surface area contributed by atoms with E-state index in [4.69, 9.17) is 9.47 Å². The zero-order valence-corrected chi connectivity index (χ0v) is 11.8. The van der Waals surface area contributed by atoms with Crippen molar-refractivity contribution in [2.75, 3.05) is 13.2 Å². The second kappa shape index (κ2) is 8.67. The molecule has 0 aromatic rings. The summed E-state index contributed by atoms with van der Waals surface area (Å²) in [5, 5.41) is 0. The maximum absolute atomic E-state index is 11.8. The Bertz CT molecular complexity index is 332. The van der Waals surface area contributed by atoms with Gasteiger partial charge in [0.05, 0.1) is 25.7 Å². The van der Waals surface area contributed by atoms with Gasteiger partial charge in [0.2, 0.25) is 0 Å². The molecule has 0 saturated heterocycles. The van der Waals surface area contributed by atoms with E-state index in [2.05, 4.69) is 4.99 Å². The molecule has 0 bridgehead atoms. The molecule has 5 heteroatoms. The van der Waals surface area contributed by atoms with Crippen LogP contribution >= 0.6 is 0 Å². The van der Waals surface area contributed by atoms with Gasteiger partial charge in [0.1, 0.15) is 5.71 Å². The second-order valence-corrected chi connectivity index (χ2v) is 4.57. The zero-order chi connectivity index (χ0) is 14.1. The first-order valence-corrected chi connectivity index (χ1v) is 7.06. The van der Waals surface area contributed by atoms with Crippen molar-refractivity contribution in [1.82, 2.24) is 0 Å². The quantitative estimate of drug-likeness (QED) is 0.548. The molecular weight excluding hydrogens is 246 g/mol. The van der Waals surface area contributed by atoms with Crippen molar-refractivity contribution in [2.45, 2.75) is 58.4 Å². The van der Waals surface area contributed by atoms with Crippen molar-refractivity contribution in [2.24, 2.45) is 4.99 Å². The third kappa shape index (κ3) is 5.85. The molecule has 1 saturated carbocycles. The van der Waals surface area contributed by atoms with Crippen LogP contribution in [0.15, 0.2) is 4.99 Å². The lowest BCUT2D eigenvalue weighted by atomic mass is 9.96. The predicted molar refractivity (Wildman–Crippen MR) is 72.2 cm³/mol. The molecule has 5 nitrogen and oxygen atoms in total. The number of carbonyl (C=O) groups is 2. The van der Waals surface area contributed by atoms with Crippen LogP contribution in [0.25, 0.3) is 0 Å². The van der Waals surface area contributed by atoms with Crippen LogP contribution in [-0.4, -0.2) is 36.9 Å². The Morgan fingerprint density at radius 1 is 1.05 bits per heavy atom. The summed E-state index contributed by atoms with van der Waals surface area (Å²) in [5.74, 6) is -0.925. The number of rotatable bonds is 6. The number of hydrogen-bond acceptors (Lipinski definition) is 5. The molecule has 0 aromatic heterocycles. The Balaban J connectivity index is 2.69. The summed E-state index contributed by atoms with van der Waals surface area (Å²) in [4.78, 5) is 27.7. The Morgan fingerprint density at radius 3 is 2.26 bits per heavy atom. The normalized spacial score (nSPS) is 17.1. The number of hydrogen-bond donors (Lipinski definition) is 0. The molecule has 1 fully saturated rings. The third-order valence-corrected chi connectivity index (χ3v) is 3.04. The van der Waals surface area contributed by atoms with Crippen LogP contribution in [0.3, 0.4) is 0 Å². The summed E-state index contributed by atoms with van der Waals surface area (Å²) in [6.45, 7) is 4.06. The molecule has 0 atom stereocenters. The van der Waals surface area contributed by atoms with Gasteiger partial charge in [0.15, 0.2) is 0 Å². The number of ether oxygens (including phenoxy) is 2. The molecule has 0 radical (unpaired) electrons. The fourth-order valence-electron chi connectivity index (χ4n) is 2.16. The van der Waals surface area contributed by atoms with Crippen LogP contribution in [0, 0.1) is 0 Å². The fraction of sp³-hybridized carbons (Fsp3) is 0.786. The van der Waals surface area contributed by atoms with Crippen molar-refractivity contribution in [3.05, 3.63) is 0 Å². The number of aliphatic imine (C=N–C) groups is 1. The van der Waals surface area contributed by atoms with Gasteiger partial charge in [-0.3, -0.25) is 9.79 Å². The minimum Gasteiger partial charge on any atom is -0.466 e. The van der Waals surface area contributed by atoms with Gasteiger partial charge in [-0.2, -0.15) is 0 Å². The van der Waals surface area contributed by atoms with Gasteiger partial charge in [-0.05, 0) is 26.7 Å². The van der Waals surface area contributed by atoms with Crippen LogP contribution in [0.2, 0.25) is 0 Å². The Labute approximate surface area is 114 Å². The van der Waals surface area contributed by atoms with E-state index in [9.17, 15) is 9.59 Å². The summed E-state index contributed by atoms with van der Waals surface area (Å²) < 4.78 is 9.81. The van der Waals surface area contributed by atoms with Gasteiger partial charge >= 0.3 is 11.9 Å². The van der Waals surface area contributed by atoms with E-state index < -0.39 is 11.9 Å². The average molecular weight is 269 g/mol. The first-order chi connectivity index (χ1) is 9.17. The highest BCUT2D eigenvalue weighted by Crippen LogP contribution is 2.20. The van der Waals surface area contributed by atoms with Crippen molar-refractivity contribution in [3.8, 4) is 0 Å². The molecule has 1 rings (SSSR count). The SMILES string of the molecule is CCOC(=O)CC(=NC1CCCCC1)C(=O)OCC. The first kappa shape index (κ1) is 15.7. The van der Waals surface area contributed by atoms with E-state index in [1.54, 1.807) is 13.8 Å². The zero-order valence-electron chi connectivity index (χ0n) is 11.8. The van der Waals surface area contributed by atoms with E-state index in [0.29, 0.717) is 6.61 Å². The molecule has 0 aliphatic heterocycles. The van der Waals surface area contributed by atoms with Crippen molar-refractivity contribution < 1.29 is 19.1 Å². The molecule has 0 spiro atoms. The van der Waals surface area contributed by atoms with Crippen molar-refractivity contribution >= 4 is 17.7 Å². The number of esters is 2. The first-order valence-electron chi connectivity index (χ1n) is 7.06. The molecule has 0 heterocycles. The van der Waals surface area contributed by atoms with Crippen LogP contribution < -0.4 is 0 Å². The van der Waals surface area contributed by atoms with Gasteiger partial charge in [-0.1, -0.05) is 19.3 Å². The highest BCUT2D eigenvalue weighted by Gasteiger charge is 2.21. The largest absolute Gasteiger partial charge is 0.466 e. The topological polar surface area (TPSA) is 65.0 Å². The predicted octanol–water partition coefficient (Wildman–Crippen LogP) is 2.28.